The fourth-order valence-electron chi connectivity index (χ4n) is 4.86. The van der Waals surface area contributed by atoms with Gasteiger partial charge in [0, 0.05) is 23.9 Å². The maximum Gasteiger partial charge on any atom is 0.259 e. The summed E-state index contributed by atoms with van der Waals surface area (Å²) < 4.78 is 11.5. The van der Waals surface area contributed by atoms with E-state index in [1.165, 1.54) is 0 Å². The van der Waals surface area contributed by atoms with E-state index in [0.29, 0.717) is 43.3 Å². The van der Waals surface area contributed by atoms with Crippen LogP contribution >= 0.6 is 11.3 Å². The van der Waals surface area contributed by atoms with Crippen molar-refractivity contribution in [2.24, 2.45) is 0 Å². The molecule has 0 radical (unpaired) electrons. The van der Waals surface area contributed by atoms with Crippen LogP contribution in [-0.2, 0) is 16.1 Å². The van der Waals surface area contributed by atoms with Crippen molar-refractivity contribution >= 4 is 23.2 Å². The Balaban J connectivity index is 1.49. The Labute approximate surface area is 190 Å². The van der Waals surface area contributed by atoms with Crippen LogP contribution in [0.3, 0.4) is 0 Å². The minimum absolute atomic E-state index is 0.0592. The predicted octanol–water partition coefficient (Wildman–Crippen LogP) is 3.39. The number of hydrogen-bond donors (Lipinski definition) is 0. The molecule has 3 aromatic rings. The van der Waals surface area contributed by atoms with Crippen molar-refractivity contribution in [2.45, 2.75) is 31.9 Å². The van der Waals surface area contributed by atoms with E-state index in [2.05, 4.69) is 5.16 Å². The van der Waals surface area contributed by atoms with E-state index in [1.807, 2.05) is 52.7 Å². The third-order valence-electron chi connectivity index (χ3n) is 6.42. The van der Waals surface area contributed by atoms with E-state index in [9.17, 15) is 9.59 Å². The fraction of sp³-hybridized carbons (Fsp3) is 0.375. The normalized spacial score (nSPS) is 23.3. The highest BCUT2D eigenvalue weighted by Gasteiger charge is 2.58. The van der Waals surface area contributed by atoms with E-state index >= 15 is 0 Å². The van der Waals surface area contributed by atoms with Gasteiger partial charge in [-0.2, -0.15) is 0 Å². The Morgan fingerprint density at radius 2 is 2.03 bits per heavy atom. The summed E-state index contributed by atoms with van der Waals surface area (Å²) in [5.41, 5.74) is 0.968. The molecule has 0 N–H and O–H groups in total. The summed E-state index contributed by atoms with van der Waals surface area (Å²) >= 11 is 1.63. The summed E-state index contributed by atoms with van der Waals surface area (Å²) in [6.07, 6.45) is 0. The standard InChI is InChI=1S/C24H25N3O4S/c1-16-21(17(2)31-25-16)22(28)26-10-11-30-24(15-26)20(18-7-4-3-5-8-18)14-27(23(24)29)13-19-9-6-12-32-19/h3-9,12,20H,10-11,13-15H2,1-2H3/t20-,24+/m1/s1. The summed E-state index contributed by atoms with van der Waals surface area (Å²) in [7, 11) is 0. The fourth-order valence-corrected chi connectivity index (χ4v) is 5.58. The number of ether oxygens (including phenoxy) is 1. The average molecular weight is 452 g/mol. The van der Waals surface area contributed by atoms with Crippen molar-refractivity contribution in [2.75, 3.05) is 26.2 Å². The molecule has 0 bridgehead atoms. The lowest BCUT2D eigenvalue weighted by molar-refractivity contribution is -0.160. The first-order chi connectivity index (χ1) is 15.5. The second-order valence-corrected chi connectivity index (χ2v) is 9.42. The van der Waals surface area contributed by atoms with Crippen molar-refractivity contribution in [3.63, 3.8) is 0 Å². The molecule has 0 unspecified atom stereocenters. The average Bonchev–Trinajstić information content (AvgIpc) is 3.50. The Morgan fingerprint density at radius 3 is 2.72 bits per heavy atom. The molecule has 2 aliphatic rings. The van der Waals surface area contributed by atoms with Gasteiger partial charge < -0.3 is 19.1 Å². The number of morpholine rings is 1. The van der Waals surface area contributed by atoms with Crippen molar-refractivity contribution in [1.82, 2.24) is 15.0 Å². The summed E-state index contributed by atoms with van der Waals surface area (Å²) in [5, 5.41) is 5.94. The van der Waals surface area contributed by atoms with Crippen molar-refractivity contribution in [3.8, 4) is 0 Å². The molecule has 2 atom stereocenters. The van der Waals surface area contributed by atoms with Crippen LogP contribution in [-0.4, -0.2) is 58.6 Å². The van der Waals surface area contributed by atoms with Gasteiger partial charge in [-0.15, -0.1) is 11.3 Å². The maximum atomic E-state index is 13.8. The molecule has 4 heterocycles. The second kappa shape index (κ2) is 8.18. The van der Waals surface area contributed by atoms with Crippen molar-refractivity contribution in [1.29, 1.82) is 0 Å². The number of thiophene rings is 1. The predicted molar refractivity (Wildman–Crippen MR) is 119 cm³/mol. The van der Waals surface area contributed by atoms with E-state index in [-0.39, 0.29) is 24.3 Å². The third kappa shape index (κ3) is 3.43. The molecule has 2 fully saturated rings. The largest absolute Gasteiger partial charge is 0.361 e. The van der Waals surface area contributed by atoms with Gasteiger partial charge >= 0.3 is 0 Å². The smallest absolute Gasteiger partial charge is 0.259 e. The Kier molecular flexibility index (Phi) is 5.35. The molecular formula is C24H25N3O4S. The highest BCUT2D eigenvalue weighted by molar-refractivity contribution is 7.09. The van der Waals surface area contributed by atoms with Gasteiger partial charge in [0.2, 0.25) is 0 Å². The number of hydrogen-bond acceptors (Lipinski definition) is 6. The third-order valence-corrected chi connectivity index (χ3v) is 7.29. The van der Waals surface area contributed by atoms with Gasteiger partial charge in [0.25, 0.3) is 11.8 Å². The van der Waals surface area contributed by atoms with Crippen molar-refractivity contribution in [3.05, 3.63) is 75.3 Å². The summed E-state index contributed by atoms with van der Waals surface area (Å²) in [6, 6.07) is 14.0. The first-order valence-electron chi connectivity index (χ1n) is 10.7. The van der Waals surface area contributed by atoms with Crippen LogP contribution in [0, 0.1) is 13.8 Å². The van der Waals surface area contributed by atoms with Crippen LogP contribution in [0.5, 0.6) is 0 Å². The summed E-state index contributed by atoms with van der Waals surface area (Å²) in [4.78, 5) is 31.9. The minimum atomic E-state index is -1.11. The zero-order chi connectivity index (χ0) is 22.3. The lowest BCUT2D eigenvalue weighted by Gasteiger charge is -2.42. The minimum Gasteiger partial charge on any atom is -0.361 e. The molecule has 1 aromatic carbocycles. The second-order valence-electron chi connectivity index (χ2n) is 8.39. The summed E-state index contributed by atoms with van der Waals surface area (Å²) in [5.74, 6) is 0.0948. The molecular weight excluding hydrogens is 426 g/mol. The molecule has 8 heteroatoms. The molecule has 7 nitrogen and oxygen atoms in total. The van der Waals surface area contributed by atoms with E-state index in [0.717, 1.165) is 10.4 Å². The molecule has 2 aliphatic heterocycles. The number of likely N-dealkylation sites (tertiary alicyclic amines) is 1. The lowest BCUT2D eigenvalue weighted by Crippen LogP contribution is -2.59. The number of carbonyl (C=O) groups is 2. The van der Waals surface area contributed by atoms with Crippen LogP contribution in [0.2, 0.25) is 0 Å². The zero-order valence-corrected chi connectivity index (χ0v) is 18.9. The van der Waals surface area contributed by atoms with Crippen LogP contribution in [0.15, 0.2) is 52.4 Å². The number of amides is 2. The molecule has 2 aromatic heterocycles. The monoisotopic (exact) mass is 451 g/mol. The van der Waals surface area contributed by atoms with Crippen LogP contribution < -0.4 is 0 Å². The van der Waals surface area contributed by atoms with Gasteiger partial charge in [-0.1, -0.05) is 41.6 Å². The van der Waals surface area contributed by atoms with Gasteiger partial charge in [-0.3, -0.25) is 9.59 Å². The van der Waals surface area contributed by atoms with E-state index in [1.54, 1.807) is 30.1 Å². The number of nitrogens with zero attached hydrogens (tertiary/aromatic N) is 3. The van der Waals surface area contributed by atoms with Crippen molar-refractivity contribution < 1.29 is 18.8 Å². The van der Waals surface area contributed by atoms with Gasteiger partial charge in [-0.05, 0) is 30.9 Å². The first-order valence-corrected chi connectivity index (χ1v) is 11.6. The Morgan fingerprint density at radius 1 is 1.22 bits per heavy atom. The first kappa shape index (κ1) is 20.9. The summed E-state index contributed by atoms with van der Waals surface area (Å²) in [6.45, 7) is 5.52. The quantitative estimate of drug-likeness (QED) is 0.608. The zero-order valence-electron chi connectivity index (χ0n) is 18.1. The number of rotatable bonds is 4. The molecule has 5 rings (SSSR count). The Bertz CT molecular complexity index is 1110. The molecule has 2 amide bonds. The van der Waals surface area contributed by atoms with Crippen LogP contribution in [0.1, 0.15) is 38.2 Å². The van der Waals surface area contributed by atoms with Gasteiger partial charge in [-0.25, -0.2) is 0 Å². The topological polar surface area (TPSA) is 75.9 Å². The molecule has 1 spiro atoms. The number of benzene rings is 1. The Hall–Kier alpha value is -2.97. The number of carbonyl (C=O) groups excluding carboxylic acids is 2. The highest BCUT2D eigenvalue weighted by atomic mass is 32.1. The molecule has 0 saturated carbocycles. The van der Waals surface area contributed by atoms with Gasteiger partial charge in [0.1, 0.15) is 11.3 Å². The van der Waals surface area contributed by atoms with E-state index in [4.69, 9.17) is 9.26 Å². The molecule has 0 aliphatic carbocycles. The van der Waals surface area contributed by atoms with E-state index < -0.39 is 5.60 Å². The highest BCUT2D eigenvalue weighted by Crippen LogP contribution is 2.43. The maximum absolute atomic E-state index is 13.8. The SMILES string of the molecule is Cc1noc(C)c1C(=O)N1CCO[C@]2(C1)C(=O)N(Cc1cccs1)C[C@@H]2c1ccccc1. The van der Waals surface area contributed by atoms with Crippen LogP contribution in [0.25, 0.3) is 0 Å². The van der Waals surface area contributed by atoms with Crippen LogP contribution in [0.4, 0.5) is 0 Å². The number of aryl methyl sites for hydroxylation is 2. The lowest BCUT2D eigenvalue weighted by atomic mass is 9.83. The van der Waals surface area contributed by atoms with Gasteiger partial charge in [0.05, 0.1) is 25.4 Å². The molecule has 2 saturated heterocycles. The van der Waals surface area contributed by atoms with Gasteiger partial charge in [0.15, 0.2) is 5.60 Å². The number of aromatic nitrogens is 1. The molecule has 32 heavy (non-hydrogen) atoms. The molecule has 166 valence electrons.